The lowest BCUT2D eigenvalue weighted by atomic mass is 10.1. The molecule has 2 N–H and O–H groups in total. The number of halogens is 1. The summed E-state index contributed by atoms with van der Waals surface area (Å²) in [5.74, 6) is 0. The Hall–Kier alpha value is -1.41. The van der Waals surface area contributed by atoms with Gasteiger partial charge in [-0.3, -0.25) is 0 Å². The van der Waals surface area contributed by atoms with E-state index in [1.165, 1.54) is 0 Å². The Morgan fingerprint density at radius 1 is 1.21 bits per heavy atom. The molecule has 0 radical (unpaired) electrons. The van der Waals surface area contributed by atoms with Crippen LogP contribution in [-0.2, 0) is 7.05 Å². The molecule has 3 heteroatoms. The van der Waals surface area contributed by atoms with Gasteiger partial charge in [0.05, 0.1) is 10.7 Å². The molecule has 14 heavy (non-hydrogen) atoms. The molecular weight excluding hydrogens is 196 g/mol. The van der Waals surface area contributed by atoms with E-state index in [1.807, 2.05) is 42.1 Å². The molecule has 2 rings (SSSR count). The fourth-order valence-corrected chi connectivity index (χ4v) is 1.68. The van der Waals surface area contributed by atoms with Gasteiger partial charge in [0.15, 0.2) is 0 Å². The first-order valence-electron chi connectivity index (χ1n) is 4.36. The molecule has 72 valence electrons. The van der Waals surface area contributed by atoms with Crippen molar-refractivity contribution >= 4 is 17.3 Å². The summed E-state index contributed by atoms with van der Waals surface area (Å²) in [7, 11) is 1.98. The summed E-state index contributed by atoms with van der Waals surface area (Å²) in [6, 6.07) is 9.67. The van der Waals surface area contributed by atoms with Crippen molar-refractivity contribution in [3.63, 3.8) is 0 Å². The van der Waals surface area contributed by atoms with Crippen LogP contribution in [0.3, 0.4) is 0 Å². The van der Waals surface area contributed by atoms with Crippen molar-refractivity contribution in [2.75, 3.05) is 5.73 Å². The Bertz CT molecular complexity index is 460. The smallest absolute Gasteiger partial charge is 0.0642 e. The van der Waals surface area contributed by atoms with Gasteiger partial charge in [0.2, 0.25) is 0 Å². The summed E-state index contributed by atoms with van der Waals surface area (Å²) < 4.78 is 2.02. The average Bonchev–Trinajstić information content (AvgIpc) is 2.57. The zero-order valence-corrected chi connectivity index (χ0v) is 8.62. The van der Waals surface area contributed by atoms with E-state index in [1.54, 1.807) is 6.07 Å². The number of nitrogen functional groups attached to an aromatic ring is 1. The molecule has 1 aromatic heterocycles. The molecule has 0 saturated carbocycles. The van der Waals surface area contributed by atoms with E-state index in [2.05, 4.69) is 0 Å². The third-order valence-corrected chi connectivity index (χ3v) is 2.60. The van der Waals surface area contributed by atoms with Gasteiger partial charge in [0.1, 0.15) is 0 Å². The highest BCUT2D eigenvalue weighted by atomic mass is 35.5. The zero-order valence-electron chi connectivity index (χ0n) is 7.87. The largest absolute Gasteiger partial charge is 0.397 e. The molecule has 0 saturated heterocycles. The van der Waals surface area contributed by atoms with Crippen LogP contribution in [0.15, 0.2) is 36.5 Å². The zero-order chi connectivity index (χ0) is 10.1. The number of rotatable bonds is 1. The van der Waals surface area contributed by atoms with Crippen LogP contribution < -0.4 is 5.73 Å². The average molecular weight is 207 g/mol. The van der Waals surface area contributed by atoms with Gasteiger partial charge < -0.3 is 10.3 Å². The Balaban J connectivity index is 2.63. The predicted molar refractivity (Wildman–Crippen MR) is 60.3 cm³/mol. The monoisotopic (exact) mass is 206 g/mol. The second kappa shape index (κ2) is 3.39. The van der Waals surface area contributed by atoms with Crippen LogP contribution in [0.25, 0.3) is 11.3 Å². The molecule has 2 aromatic rings. The number of benzene rings is 1. The number of anilines is 1. The molecule has 0 bridgehead atoms. The number of aryl methyl sites for hydroxylation is 1. The lowest BCUT2D eigenvalue weighted by molar-refractivity contribution is 0.937. The lowest BCUT2D eigenvalue weighted by Crippen LogP contribution is -1.95. The van der Waals surface area contributed by atoms with Crippen molar-refractivity contribution < 1.29 is 0 Å². The number of nitrogens with zero attached hydrogens (tertiary/aromatic N) is 1. The van der Waals surface area contributed by atoms with Crippen LogP contribution in [0.4, 0.5) is 5.69 Å². The molecule has 1 heterocycles. The van der Waals surface area contributed by atoms with Gasteiger partial charge in [0, 0.05) is 24.5 Å². The van der Waals surface area contributed by atoms with E-state index in [0.717, 1.165) is 11.3 Å². The van der Waals surface area contributed by atoms with Crippen molar-refractivity contribution in [3.8, 4) is 11.3 Å². The summed E-state index contributed by atoms with van der Waals surface area (Å²) in [4.78, 5) is 0. The third kappa shape index (κ3) is 1.38. The Morgan fingerprint density at radius 2 is 2.00 bits per heavy atom. The highest BCUT2D eigenvalue weighted by Gasteiger charge is 2.07. The quantitative estimate of drug-likeness (QED) is 0.715. The van der Waals surface area contributed by atoms with E-state index in [9.17, 15) is 0 Å². The van der Waals surface area contributed by atoms with E-state index >= 15 is 0 Å². The van der Waals surface area contributed by atoms with Crippen molar-refractivity contribution in [2.24, 2.45) is 7.05 Å². The van der Waals surface area contributed by atoms with Gasteiger partial charge in [-0.05, 0) is 18.2 Å². The Labute approximate surface area is 87.9 Å². The van der Waals surface area contributed by atoms with Gasteiger partial charge in [0.25, 0.3) is 0 Å². The molecule has 0 atom stereocenters. The summed E-state index contributed by atoms with van der Waals surface area (Å²) >= 11 is 5.95. The number of nitrogens with two attached hydrogens (primary N) is 1. The molecular formula is C11H11ClN2. The maximum atomic E-state index is 5.95. The molecule has 0 aliphatic heterocycles. The molecule has 0 unspecified atom stereocenters. The van der Waals surface area contributed by atoms with Crippen molar-refractivity contribution in [2.45, 2.75) is 0 Å². The van der Waals surface area contributed by atoms with Crippen LogP contribution in [0, 0.1) is 0 Å². The van der Waals surface area contributed by atoms with Crippen LogP contribution in [-0.4, -0.2) is 4.57 Å². The molecule has 2 nitrogen and oxygen atoms in total. The minimum atomic E-state index is 0.601. The first-order valence-corrected chi connectivity index (χ1v) is 4.73. The van der Waals surface area contributed by atoms with E-state index in [0.29, 0.717) is 10.7 Å². The maximum absolute atomic E-state index is 5.95. The lowest BCUT2D eigenvalue weighted by Gasteiger charge is -2.07. The van der Waals surface area contributed by atoms with E-state index in [-0.39, 0.29) is 0 Å². The second-order valence-corrected chi connectivity index (χ2v) is 3.61. The topological polar surface area (TPSA) is 30.9 Å². The second-order valence-electron chi connectivity index (χ2n) is 3.21. The summed E-state index contributed by atoms with van der Waals surface area (Å²) in [5.41, 5.74) is 8.58. The van der Waals surface area contributed by atoms with Gasteiger partial charge in [-0.25, -0.2) is 0 Å². The minimum Gasteiger partial charge on any atom is -0.397 e. The standard InChI is InChI=1S/C11H11ClN2/c1-14-7-3-6-10(14)8-4-2-5-9(12)11(8)13/h2-7H,13H2,1H3. The van der Waals surface area contributed by atoms with Crippen LogP contribution in [0.2, 0.25) is 5.02 Å². The molecule has 1 aromatic carbocycles. The normalized spacial score (nSPS) is 10.4. The van der Waals surface area contributed by atoms with Crippen molar-refractivity contribution in [1.29, 1.82) is 0 Å². The van der Waals surface area contributed by atoms with Gasteiger partial charge >= 0.3 is 0 Å². The summed E-state index contributed by atoms with van der Waals surface area (Å²) in [6.45, 7) is 0. The number of aromatic nitrogens is 1. The van der Waals surface area contributed by atoms with Crippen molar-refractivity contribution in [1.82, 2.24) is 4.57 Å². The van der Waals surface area contributed by atoms with Crippen LogP contribution in [0.1, 0.15) is 0 Å². The fraction of sp³-hybridized carbons (Fsp3) is 0.0909. The van der Waals surface area contributed by atoms with E-state index in [4.69, 9.17) is 17.3 Å². The van der Waals surface area contributed by atoms with Crippen LogP contribution >= 0.6 is 11.6 Å². The highest BCUT2D eigenvalue weighted by Crippen LogP contribution is 2.30. The van der Waals surface area contributed by atoms with Gasteiger partial charge in [-0.15, -0.1) is 0 Å². The van der Waals surface area contributed by atoms with Crippen LogP contribution in [0.5, 0.6) is 0 Å². The SMILES string of the molecule is Cn1cccc1-c1cccc(Cl)c1N. The molecule has 0 spiro atoms. The molecule has 0 amide bonds. The highest BCUT2D eigenvalue weighted by molar-refractivity contribution is 6.33. The third-order valence-electron chi connectivity index (χ3n) is 2.27. The van der Waals surface area contributed by atoms with E-state index < -0.39 is 0 Å². The molecule has 0 fully saturated rings. The fourth-order valence-electron chi connectivity index (χ4n) is 1.50. The summed E-state index contributed by atoms with van der Waals surface area (Å²) in [5, 5.41) is 0.601. The predicted octanol–water partition coefficient (Wildman–Crippen LogP) is 2.93. The Kier molecular flexibility index (Phi) is 2.22. The number of para-hydroxylation sites is 1. The van der Waals surface area contributed by atoms with Gasteiger partial charge in [-0.1, -0.05) is 23.7 Å². The molecule has 0 aliphatic rings. The van der Waals surface area contributed by atoms with Gasteiger partial charge in [-0.2, -0.15) is 0 Å². The van der Waals surface area contributed by atoms with Crippen molar-refractivity contribution in [3.05, 3.63) is 41.6 Å². The number of hydrogen-bond acceptors (Lipinski definition) is 1. The first kappa shape index (κ1) is 9.16. The maximum Gasteiger partial charge on any atom is 0.0642 e. The number of hydrogen-bond donors (Lipinski definition) is 1. The minimum absolute atomic E-state index is 0.601. The summed E-state index contributed by atoms with van der Waals surface area (Å²) in [6.07, 6.45) is 1.98. The first-order chi connectivity index (χ1) is 6.70. The molecule has 0 aliphatic carbocycles. The Morgan fingerprint density at radius 3 is 2.64 bits per heavy atom.